The molecular weight excluding hydrogens is 334 g/mol. The van der Waals surface area contributed by atoms with E-state index in [0.717, 1.165) is 27.5 Å². The SMILES string of the molecule is CCOc1c(Br)cc(CC(N)CC)cc1Br. The Labute approximate surface area is 114 Å². The molecule has 2 nitrogen and oxygen atoms in total. The molecule has 1 aromatic carbocycles. The summed E-state index contributed by atoms with van der Waals surface area (Å²) < 4.78 is 7.48. The monoisotopic (exact) mass is 349 g/mol. The molecule has 0 aromatic heterocycles. The van der Waals surface area contributed by atoms with Gasteiger partial charge in [-0.05, 0) is 69.3 Å². The number of rotatable bonds is 5. The Bertz CT molecular complexity index is 332. The minimum atomic E-state index is 0.219. The van der Waals surface area contributed by atoms with Crippen molar-refractivity contribution in [1.82, 2.24) is 0 Å². The van der Waals surface area contributed by atoms with Crippen molar-refractivity contribution in [2.75, 3.05) is 6.61 Å². The number of hydrogen-bond donors (Lipinski definition) is 1. The minimum absolute atomic E-state index is 0.219. The summed E-state index contributed by atoms with van der Waals surface area (Å²) in [5.74, 6) is 0.858. The van der Waals surface area contributed by atoms with E-state index in [4.69, 9.17) is 10.5 Å². The summed E-state index contributed by atoms with van der Waals surface area (Å²) in [6.45, 7) is 4.73. The normalized spacial score (nSPS) is 12.6. The molecular formula is C12H17Br2NO. The molecule has 0 radical (unpaired) electrons. The van der Waals surface area contributed by atoms with Crippen molar-refractivity contribution in [3.8, 4) is 5.75 Å². The lowest BCUT2D eigenvalue weighted by molar-refractivity contribution is 0.336. The lowest BCUT2D eigenvalue weighted by Gasteiger charge is -2.13. The van der Waals surface area contributed by atoms with E-state index in [1.807, 2.05) is 6.92 Å². The van der Waals surface area contributed by atoms with Crippen LogP contribution >= 0.6 is 31.9 Å². The fourth-order valence-electron chi connectivity index (χ4n) is 1.46. The average molecular weight is 351 g/mol. The first kappa shape index (κ1) is 14.0. The molecule has 0 aliphatic rings. The van der Waals surface area contributed by atoms with E-state index < -0.39 is 0 Å². The molecule has 0 heterocycles. The first-order valence-corrected chi connectivity index (χ1v) is 7.03. The number of nitrogens with two attached hydrogens (primary N) is 1. The fraction of sp³-hybridized carbons (Fsp3) is 0.500. The Morgan fingerprint density at radius 3 is 2.25 bits per heavy atom. The highest BCUT2D eigenvalue weighted by atomic mass is 79.9. The van der Waals surface area contributed by atoms with Crippen LogP contribution < -0.4 is 10.5 Å². The van der Waals surface area contributed by atoms with Crippen molar-refractivity contribution in [1.29, 1.82) is 0 Å². The summed E-state index contributed by atoms with van der Waals surface area (Å²) >= 11 is 7.03. The maximum Gasteiger partial charge on any atom is 0.147 e. The molecule has 16 heavy (non-hydrogen) atoms. The zero-order valence-corrected chi connectivity index (χ0v) is 12.8. The number of ether oxygens (including phenoxy) is 1. The molecule has 0 fully saturated rings. The van der Waals surface area contributed by atoms with Crippen molar-refractivity contribution in [3.05, 3.63) is 26.6 Å². The van der Waals surface area contributed by atoms with E-state index in [-0.39, 0.29) is 6.04 Å². The predicted octanol–water partition coefficient (Wildman–Crippen LogP) is 3.89. The van der Waals surface area contributed by atoms with Gasteiger partial charge in [-0.3, -0.25) is 0 Å². The van der Waals surface area contributed by atoms with Crippen molar-refractivity contribution in [2.45, 2.75) is 32.7 Å². The van der Waals surface area contributed by atoms with Gasteiger partial charge in [0.05, 0.1) is 15.6 Å². The number of benzene rings is 1. The zero-order valence-electron chi connectivity index (χ0n) is 9.59. The summed E-state index contributed by atoms with van der Waals surface area (Å²) in [5, 5.41) is 0. The molecule has 0 saturated heterocycles. The van der Waals surface area contributed by atoms with Gasteiger partial charge in [-0.25, -0.2) is 0 Å². The molecule has 90 valence electrons. The van der Waals surface area contributed by atoms with Crippen LogP contribution in [0.5, 0.6) is 5.75 Å². The summed E-state index contributed by atoms with van der Waals surface area (Å²) in [4.78, 5) is 0. The van der Waals surface area contributed by atoms with E-state index >= 15 is 0 Å². The second-order valence-electron chi connectivity index (χ2n) is 3.69. The van der Waals surface area contributed by atoms with Crippen molar-refractivity contribution in [2.24, 2.45) is 5.73 Å². The molecule has 2 N–H and O–H groups in total. The molecule has 0 amide bonds. The van der Waals surface area contributed by atoms with Gasteiger partial charge in [0.1, 0.15) is 5.75 Å². The highest BCUT2D eigenvalue weighted by molar-refractivity contribution is 9.11. The topological polar surface area (TPSA) is 35.2 Å². The number of halogens is 2. The van der Waals surface area contributed by atoms with Crippen LogP contribution in [0.15, 0.2) is 21.1 Å². The van der Waals surface area contributed by atoms with Gasteiger partial charge < -0.3 is 10.5 Å². The van der Waals surface area contributed by atoms with E-state index in [0.29, 0.717) is 6.61 Å². The molecule has 0 spiro atoms. The van der Waals surface area contributed by atoms with E-state index in [1.54, 1.807) is 0 Å². The van der Waals surface area contributed by atoms with Crippen molar-refractivity contribution < 1.29 is 4.74 Å². The van der Waals surface area contributed by atoms with Gasteiger partial charge in [0, 0.05) is 6.04 Å². The fourth-order valence-corrected chi connectivity index (χ4v) is 2.97. The second kappa shape index (κ2) is 6.62. The highest BCUT2D eigenvalue weighted by Crippen LogP contribution is 2.35. The van der Waals surface area contributed by atoms with Crippen LogP contribution in [0.25, 0.3) is 0 Å². The van der Waals surface area contributed by atoms with Crippen LogP contribution in [-0.2, 0) is 6.42 Å². The van der Waals surface area contributed by atoms with E-state index in [1.165, 1.54) is 5.56 Å². The largest absolute Gasteiger partial charge is 0.492 e. The van der Waals surface area contributed by atoms with Crippen molar-refractivity contribution in [3.63, 3.8) is 0 Å². The predicted molar refractivity (Wildman–Crippen MR) is 75.0 cm³/mol. The molecule has 0 aliphatic carbocycles. The lowest BCUT2D eigenvalue weighted by Crippen LogP contribution is -2.21. The molecule has 4 heteroatoms. The Kier molecular flexibility index (Phi) is 5.79. The van der Waals surface area contributed by atoms with E-state index in [2.05, 4.69) is 50.9 Å². The third-order valence-electron chi connectivity index (χ3n) is 2.37. The standard InChI is InChI=1S/C12H17Br2NO/c1-3-9(15)5-8-6-10(13)12(16-4-2)11(14)7-8/h6-7,9H,3-5,15H2,1-2H3. The summed E-state index contributed by atoms with van der Waals surface area (Å²) in [6.07, 6.45) is 1.88. The quantitative estimate of drug-likeness (QED) is 0.874. The summed E-state index contributed by atoms with van der Waals surface area (Å²) in [6, 6.07) is 4.37. The Hall–Kier alpha value is -0.0600. The van der Waals surface area contributed by atoms with Crippen LogP contribution in [0.3, 0.4) is 0 Å². The first-order chi connectivity index (χ1) is 7.58. The van der Waals surface area contributed by atoms with Gasteiger partial charge in [-0.2, -0.15) is 0 Å². The van der Waals surface area contributed by atoms with Gasteiger partial charge in [0.15, 0.2) is 0 Å². The molecule has 0 bridgehead atoms. The van der Waals surface area contributed by atoms with Crippen LogP contribution in [0.1, 0.15) is 25.8 Å². The van der Waals surface area contributed by atoms with Gasteiger partial charge in [-0.1, -0.05) is 6.92 Å². The second-order valence-corrected chi connectivity index (χ2v) is 5.40. The Balaban J connectivity index is 2.91. The highest BCUT2D eigenvalue weighted by Gasteiger charge is 2.10. The zero-order chi connectivity index (χ0) is 12.1. The molecule has 0 saturated carbocycles. The van der Waals surface area contributed by atoms with Crippen LogP contribution in [-0.4, -0.2) is 12.6 Å². The van der Waals surface area contributed by atoms with Crippen molar-refractivity contribution >= 4 is 31.9 Å². The molecule has 1 unspecified atom stereocenters. The smallest absolute Gasteiger partial charge is 0.147 e. The number of hydrogen-bond acceptors (Lipinski definition) is 2. The average Bonchev–Trinajstić information content (AvgIpc) is 2.23. The minimum Gasteiger partial charge on any atom is -0.492 e. The van der Waals surface area contributed by atoms with Gasteiger partial charge in [0.25, 0.3) is 0 Å². The Morgan fingerprint density at radius 2 is 1.81 bits per heavy atom. The summed E-state index contributed by atoms with van der Waals surface area (Å²) in [7, 11) is 0. The van der Waals surface area contributed by atoms with Crippen LogP contribution in [0, 0.1) is 0 Å². The first-order valence-electron chi connectivity index (χ1n) is 5.44. The maximum atomic E-state index is 5.94. The van der Waals surface area contributed by atoms with Gasteiger partial charge in [-0.15, -0.1) is 0 Å². The van der Waals surface area contributed by atoms with E-state index in [9.17, 15) is 0 Å². The molecule has 1 aromatic rings. The molecule has 1 atom stereocenters. The third kappa shape index (κ3) is 3.75. The maximum absolute atomic E-state index is 5.94. The Morgan fingerprint density at radius 1 is 1.25 bits per heavy atom. The third-order valence-corrected chi connectivity index (χ3v) is 3.55. The molecule has 0 aliphatic heterocycles. The van der Waals surface area contributed by atoms with Crippen LogP contribution in [0.2, 0.25) is 0 Å². The summed E-state index contributed by atoms with van der Waals surface area (Å²) in [5.41, 5.74) is 7.16. The molecule has 1 rings (SSSR count). The van der Waals surface area contributed by atoms with Crippen LogP contribution in [0.4, 0.5) is 0 Å². The lowest BCUT2D eigenvalue weighted by atomic mass is 10.0. The van der Waals surface area contributed by atoms with Gasteiger partial charge in [0.2, 0.25) is 0 Å². The van der Waals surface area contributed by atoms with Gasteiger partial charge >= 0.3 is 0 Å².